The van der Waals surface area contributed by atoms with E-state index < -0.39 is 0 Å². The van der Waals surface area contributed by atoms with Crippen LogP contribution >= 0.6 is 0 Å². The van der Waals surface area contributed by atoms with Crippen LogP contribution in [0.1, 0.15) is 25.0 Å². The van der Waals surface area contributed by atoms with Crippen LogP contribution in [0.4, 0.5) is 0 Å². The molecule has 0 atom stereocenters. The first-order valence-corrected chi connectivity index (χ1v) is 9.35. The van der Waals surface area contributed by atoms with E-state index in [1.54, 1.807) is 0 Å². The molecule has 4 rings (SSSR count). The molecule has 1 aliphatic rings. The molecule has 0 heterocycles. The summed E-state index contributed by atoms with van der Waals surface area (Å²) in [5.74, 6) is 1.01. The molecule has 3 aromatic carbocycles. The van der Waals surface area contributed by atoms with Gasteiger partial charge in [0.2, 0.25) is 0 Å². The third-order valence-corrected chi connectivity index (χ3v) is 5.12. The lowest BCUT2D eigenvalue weighted by molar-refractivity contribution is 0.142. The van der Waals surface area contributed by atoms with Crippen LogP contribution in [-0.2, 0) is 6.42 Å². The minimum absolute atomic E-state index is 0.104. The molecule has 0 fully saturated rings. The molecule has 0 saturated heterocycles. The van der Waals surface area contributed by atoms with Gasteiger partial charge in [-0.1, -0.05) is 62.4 Å². The summed E-state index contributed by atoms with van der Waals surface area (Å²) in [7, 11) is 4.23. The average molecular weight is 345 g/mol. The predicted octanol–water partition coefficient (Wildman–Crippen LogP) is 5.38. The van der Waals surface area contributed by atoms with E-state index in [-0.39, 0.29) is 5.41 Å². The number of nitrogens with zero attached hydrogens (tertiary/aromatic N) is 1. The minimum atomic E-state index is 0.104. The minimum Gasteiger partial charge on any atom is -0.492 e. The summed E-state index contributed by atoms with van der Waals surface area (Å²) >= 11 is 0. The molecular weight excluding hydrogens is 318 g/mol. The third-order valence-electron chi connectivity index (χ3n) is 5.12. The Morgan fingerprint density at radius 3 is 2.38 bits per heavy atom. The van der Waals surface area contributed by atoms with E-state index in [0.29, 0.717) is 6.61 Å². The average Bonchev–Trinajstić information content (AvgIpc) is 2.97. The molecule has 0 saturated carbocycles. The Morgan fingerprint density at radius 1 is 0.923 bits per heavy atom. The molecule has 0 aliphatic heterocycles. The predicted molar refractivity (Wildman–Crippen MR) is 110 cm³/mol. The molecule has 0 aromatic heterocycles. The van der Waals surface area contributed by atoms with Gasteiger partial charge in [0.1, 0.15) is 5.75 Å². The van der Waals surface area contributed by atoms with Crippen molar-refractivity contribution in [3.8, 4) is 16.9 Å². The van der Waals surface area contributed by atoms with Crippen LogP contribution in [0.5, 0.6) is 5.75 Å². The van der Waals surface area contributed by atoms with Crippen molar-refractivity contribution in [3.63, 3.8) is 0 Å². The van der Waals surface area contributed by atoms with Gasteiger partial charge in [0.15, 0.2) is 0 Å². The van der Waals surface area contributed by atoms with Crippen molar-refractivity contribution < 1.29 is 4.74 Å². The zero-order valence-corrected chi connectivity index (χ0v) is 16.2. The Bertz CT molecular complexity index is 956. The molecule has 134 valence electrons. The second-order valence-corrected chi connectivity index (χ2v) is 8.48. The van der Waals surface area contributed by atoms with Gasteiger partial charge in [-0.3, -0.25) is 0 Å². The van der Waals surface area contributed by atoms with Crippen molar-refractivity contribution in [2.24, 2.45) is 5.41 Å². The largest absolute Gasteiger partial charge is 0.492 e. The summed E-state index contributed by atoms with van der Waals surface area (Å²) in [5.41, 5.74) is 5.66. The lowest BCUT2D eigenvalue weighted by atomic mass is 9.94. The molecular formula is C24H27NO. The Morgan fingerprint density at radius 2 is 1.62 bits per heavy atom. The molecule has 0 unspecified atom stereocenters. The summed E-state index contributed by atoms with van der Waals surface area (Å²) in [6, 6.07) is 19.7. The molecule has 0 bridgehead atoms. The first kappa shape index (κ1) is 17.1. The number of rotatable bonds is 5. The monoisotopic (exact) mass is 345 g/mol. The van der Waals surface area contributed by atoms with Crippen molar-refractivity contribution in [1.82, 2.24) is 4.90 Å². The van der Waals surface area contributed by atoms with Crippen LogP contribution in [0.2, 0.25) is 0 Å². The van der Waals surface area contributed by atoms with Crippen LogP contribution in [0.15, 0.2) is 54.6 Å². The third kappa shape index (κ3) is 3.10. The Labute approximate surface area is 156 Å². The summed E-state index contributed by atoms with van der Waals surface area (Å²) in [6.45, 7) is 6.24. The van der Waals surface area contributed by atoms with Crippen molar-refractivity contribution in [1.29, 1.82) is 0 Å². The summed E-state index contributed by atoms with van der Waals surface area (Å²) < 4.78 is 6.38. The number of hydrogen-bond acceptors (Lipinski definition) is 2. The van der Waals surface area contributed by atoms with E-state index in [1.807, 2.05) is 0 Å². The van der Waals surface area contributed by atoms with E-state index >= 15 is 0 Å². The van der Waals surface area contributed by atoms with Crippen LogP contribution in [0.25, 0.3) is 21.9 Å². The maximum atomic E-state index is 6.38. The smallest absolute Gasteiger partial charge is 0.127 e. The SMILES string of the molecule is CN(C)CC(C)(C)COc1cc2c(c3ccccc13)-c1ccccc1C2. The summed E-state index contributed by atoms with van der Waals surface area (Å²) in [6.07, 6.45) is 0.994. The van der Waals surface area contributed by atoms with Crippen molar-refractivity contribution in [2.45, 2.75) is 20.3 Å². The molecule has 3 aromatic rings. The first-order valence-electron chi connectivity index (χ1n) is 9.35. The van der Waals surface area contributed by atoms with Crippen molar-refractivity contribution in [3.05, 3.63) is 65.7 Å². The fourth-order valence-electron chi connectivity index (χ4n) is 4.27. The van der Waals surface area contributed by atoms with Gasteiger partial charge in [-0.2, -0.15) is 0 Å². The topological polar surface area (TPSA) is 12.5 Å². The van der Waals surface area contributed by atoms with E-state index in [4.69, 9.17) is 4.74 Å². The summed E-state index contributed by atoms with van der Waals surface area (Å²) in [5, 5.41) is 2.51. The normalized spacial score (nSPS) is 13.1. The molecule has 2 nitrogen and oxygen atoms in total. The van der Waals surface area contributed by atoms with E-state index in [2.05, 4.69) is 87.4 Å². The highest BCUT2D eigenvalue weighted by Crippen LogP contribution is 2.44. The zero-order chi connectivity index (χ0) is 18.3. The zero-order valence-electron chi connectivity index (χ0n) is 16.2. The van der Waals surface area contributed by atoms with Crippen molar-refractivity contribution in [2.75, 3.05) is 27.2 Å². The van der Waals surface area contributed by atoms with Gasteiger partial charge in [-0.25, -0.2) is 0 Å². The lowest BCUT2D eigenvalue weighted by Crippen LogP contribution is -2.33. The maximum absolute atomic E-state index is 6.38. The fraction of sp³-hybridized carbons (Fsp3) is 0.333. The highest BCUT2D eigenvalue weighted by atomic mass is 16.5. The fourth-order valence-corrected chi connectivity index (χ4v) is 4.27. The van der Waals surface area contributed by atoms with Gasteiger partial charge in [-0.15, -0.1) is 0 Å². The molecule has 0 radical (unpaired) electrons. The Kier molecular flexibility index (Phi) is 4.24. The Hall–Kier alpha value is -2.32. The Balaban J connectivity index is 1.75. The van der Waals surface area contributed by atoms with Gasteiger partial charge in [0.25, 0.3) is 0 Å². The van der Waals surface area contributed by atoms with Gasteiger partial charge in [-0.05, 0) is 54.2 Å². The van der Waals surface area contributed by atoms with E-state index in [9.17, 15) is 0 Å². The van der Waals surface area contributed by atoms with Gasteiger partial charge < -0.3 is 9.64 Å². The second kappa shape index (κ2) is 6.44. The van der Waals surface area contributed by atoms with Gasteiger partial charge in [0, 0.05) is 17.3 Å². The molecule has 26 heavy (non-hydrogen) atoms. The lowest BCUT2D eigenvalue weighted by Gasteiger charge is -2.28. The molecule has 0 amide bonds. The van der Waals surface area contributed by atoms with Crippen LogP contribution < -0.4 is 4.74 Å². The number of ether oxygens (including phenoxy) is 1. The molecule has 0 spiro atoms. The number of hydrogen-bond donors (Lipinski definition) is 0. The molecule has 0 N–H and O–H groups in total. The number of fused-ring (bicyclic) bond motifs is 5. The molecule has 1 aliphatic carbocycles. The first-order chi connectivity index (χ1) is 12.4. The van der Waals surface area contributed by atoms with Crippen molar-refractivity contribution >= 4 is 10.8 Å². The van der Waals surface area contributed by atoms with Gasteiger partial charge in [0.05, 0.1) is 6.61 Å². The van der Waals surface area contributed by atoms with Gasteiger partial charge >= 0.3 is 0 Å². The molecule has 2 heteroatoms. The second-order valence-electron chi connectivity index (χ2n) is 8.48. The van der Waals surface area contributed by atoms with Crippen LogP contribution in [0.3, 0.4) is 0 Å². The van der Waals surface area contributed by atoms with E-state index in [0.717, 1.165) is 18.7 Å². The summed E-state index contributed by atoms with van der Waals surface area (Å²) in [4.78, 5) is 2.22. The highest BCUT2D eigenvalue weighted by molar-refractivity contribution is 6.04. The van der Waals surface area contributed by atoms with E-state index in [1.165, 1.54) is 33.0 Å². The standard InChI is InChI=1S/C24H27NO/c1-24(2,15-25(3)4)16-26-22-14-18-13-17-9-5-6-10-19(17)23(18)21-12-8-7-11-20(21)22/h5-12,14H,13,15-16H2,1-4H3. The number of benzene rings is 3. The van der Waals surface area contributed by atoms with Crippen LogP contribution in [0, 0.1) is 5.41 Å². The highest BCUT2D eigenvalue weighted by Gasteiger charge is 2.24. The van der Waals surface area contributed by atoms with Crippen LogP contribution in [-0.4, -0.2) is 32.1 Å². The quantitative estimate of drug-likeness (QED) is 0.482. The maximum Gasteiger partial charge on any atom is 0.127 e.